The van der Waals surface area contributed by atoms with E-state index in [-0.39, 0.29) is 18.2 Å². The summed E-state index contributed by atoms with van der Waals surface area (Å²) in [5.74, 6) is -3.23. The predicted octanol–water partition coefficient (Wildman–Crippen LogP) is 2.96. The van der Waals surface area contributed by atoms with Crippen molar-refractivity contribution in [2.45, 2.75) is 32.9 Å². The molecule has 2 aromatic heterocycles. The van der Waals surface area contributed by atoms with Gasteiger partial charge in [-0.25, -0.2) is 4.52 Å². The molecule has 0 radical (unpaired) electrons. The molecular formula is C16H18F3N3O2. The molecule has 2 heterocycles. The van der Waals surface area contributed by atoms with Crippen LogP contribution in [-0.2, 0) is 4.79 Å². The number of carbonyl (C=O) groups is 2. The first-order valence-electron chi connectivity index (χ1n) is 7.49. The minimum absolute atomic E-state index is 0.0270. The maximum atomic E-state index is 12.7. The van der Waals surface area contributed by atoms with Gasteiger partial charge >= 0.3 is 12.1 Å². The molecule has 0 spiro atoms. The second-order valence-corrected chi connectivity index (χ2v) is 5.92. The fourth-order valence-corrected chi connectivity index (χ4v) is 2.36. The molecule has 130 valence electrons. The molecule has 1 amide bonds. The van der Waals surface area contributed by atoms with Crippen molar-refractivity contribution in [2.24, 2.45) is 5.92 Å². The number of alkyl halides is 3. The Bertz CT molecular complexity index is 766. The molecule has 1 atom stereocenters. The van der Waals surface area contributed by atoms with Crippen molar-refractivity contribution in [3.8, 4) is 0 Å². The van der Waals surface area contributed by atoms with Gasteiger partial charge < -0.3 is 5.32 Å². The van der Waals surface area contributed by atoms with E-state index in [1.54, 1.807) is 34.2 Å². The number of ketones is 1. The summed E-state index contributed by atoms with van der Waals surface area (Å²) in [5.41, 5.74) is 1.57. The van der Waals surface area contributed by atoms with Gasteiger partial charge in [0, 0.05) is 18.7 Å². The van der Waals surface area contributed by atoms with Crippen LogP contribution < -0.4 is 5.32 Å². The normalized spacial score (nSPS) is 13.3. The highest BCUT2D eigenvalue weighted by molar-refractivity contribution is 6.05. The van der Waals surface area contributed by atoms with Crippen LogP contribution in [0.25, 0.3) is 5.52 Å². The number of pyridine rings is 1. The number of fused-ring (bicyclic) bond motifs is 1. The molecule has 5 nitrogen and oxygen atoms in total. The summed E-state index contributed by atoms with van der Waals surface area (Å²) in [6.07, 6.45) is -3.26. The van der Waals surface area contributed by atoms with Crippen LogP contribution in [0.15, 0.2) is 24.4 Å². The quantitative estimate of drug-likeness (QED) is 0.851. The zero-order valence-corrected chi connectivity index (χ0v) is 13.5. The summed E-state index contributed by atoms with van der Waals surface area (Å²) in [7, 11) is 0. The first kappa shape index (κ1) is 18.0. The average Bonchev–Trinajstić information content (AvgIpc) is 2.90. The largest absolute Gasteiger partial charge is 0.471 e. The van der Waals surface area contributed by atoms with Gasteiger partial charge in [0.25, 0.3) is 0 Å². The van der Waals surface area contributed by atoms with Crippen molar-refractivity contribution >= 4 is 17.2 Å². The van der Waals surface area contributed by atoms with E-state index < -0.39 is 18.0 Å². The number of carbonyl (C=O) groups excluding carboxylic acids is 2. The Balaban J connectivity index is 2.27. The minimum Gasteiger partial charge on any atom is -0.348 e. The molecule has 2 aromatic rings. The van der Waals surface area contributed by atoms with Gasteiger partial charge in [-0.05, 0) is 18.1 Å². The fraction of sp³-hybridized carbons (Fsp3) is 0.438. The molecule has 0 saturated heterocycles. The fourth-order valence-electron chi connectivity index (χ4n) is 2.36. The van der Waals surface area contributed by atoms with Gasteiger partial charge in [0.1, 0.15) is 0 Å². The van der Waals surface area contributed by atoms with E-state index in [9.17, 15) is 22.8 Å². The number of Topliss-reactive ketones (excluding diaryl/α,β-unsaturated/α-hetero) is 1. The van der Waals surface area contributed by atoms with Gasteiger partial charge in [-0.15, -0.1) is 0 Å². The topological polar surface area (TPSA) is 63.5 Å². The lowest BCUT2D eigenvalue weighted by atomic mass is 9.94. The van der Waals surface area contributed by atoms with Crippen molar-refractivity contribution in [3.05, 3.63) is 35.7 Å². The van der Waals surface area contributed by atoms with E-state index in [0.29, 0.717) is 16.8 Å². The van der Waals surface area contributed by atoms with Gasteiger partial charge in [0.15, 0.2) is 5.78 Å². The van der Waals surface area contributed by atoms with E-state index >= 15 is 0 Å². The third-order valence-corrected chi connectivity index (χ3v) is 3.63. The molecule has 24 heavy (non-hydrogen) atoms. The Kier molecular flexibility index (Phi) is 4.96. The Morgan fingerprint density at radius 2 is 1.92 bits per heavy atom. The molecule has 0 fully saturated rings. The van der Waals surface area contributed by atoms with Gasteiger partial charge in [-0.3, -0.25) is 9.59 Å². The zero-order valence-electron chi connectivity index (χ0n) is 13.5. The zero-order chi connectivity index (χ0) is 18.1. The summed E-state index contributed by atoms with van der Waals surface area (Å²) in [5, 5.41) is 6.13. The van der Waals surface area contributed by atoms with Gasteiger partial charge in [0.05, 0.1) is 16.8 Å². The van der Waals surface area contributed by atoms with Gasteiger partial charge in [-0.2, -0.15) is 18.3 Å². The molecule has 1 unspecified atom stereocenters. The highest BCUT2D eigenvalue weighted by atomic mass is 19.4. The first-order valence-corrected chi connectivity index (χ1v) is 7.49. The molecule has 2 rings (SSSR count). The maximum Gasteiger partial charge on any atom is 0.471 e. The Hall–Kier alpha value is -2.38. The summed E-state index contributed by atoms with van der Waals surface area (Å²) in [6.45, 7) is 4.86. The number of rotatable bonds is 5. The molecule has 0 saturated carbocycles. The SMILES string of the molecule is CC(CNC(=O)C(F)(F)F)C(=O)c1c(C(C)C)nn2ccccc12. The molecule has 0 aliphatic rings. The lowest BCUT2D eigenvalue weighted by Crippen LogP contribution is -2.40. The Labute approximate surface area is 136 Å². The third-order valence-electron chi connectivity index (χ3n) is 3.63. The number of amides is 1. The van der Waals surface area contributed by atoms with Crippen LogP contribution >= 0.6 is 0 Å². The van der Waals surface area contributed by atoms with E-state index in [4.69, 9.17) is 0 Å². The van der Waals surface area contributed by atoms with Crippen molar-refractivity contribution in [3.63, 3.8) is 0 Å². The molecule has 0 aliphatic carbocycles. The second-order valence-electron chi connectivity index (χ2n) is 5.92. The molecule has 8 heteroatoms. The maximum absolute atomic E-state index is 12.7. The number of hydrogen-bond acceptors (Lipinski definition) is 3. The molecule has 1 N–H and O–H groups in total. The number of aromatic nitrogens is 2. The summed E-state index contributed by atoms with van der Waals surface area (Å²) >= 11 is 0. The number of nitrogens with one attached hydrogen (secondary N) is 1. The van der Waals surface area contributed by atoms with Crippen molar-refractivity contribution in [2.75, 3.05) is 6.54 Å². The van der Waals surface area contributed by atoms with Crippen LogP contribution in [0.4, 0.5) is 13.2 Å². The van der Waals surface area contributed by atoms with E-state index in [1.165, 1.54) is 6.92 Å². The smallest absolute Gasteiger partial charge is 0.348 e. The van der Waals surface area contributed by atoms with Crippen molar-refractivity contribution < 1.29 is 22.8 Å². The lowest BCUT2D eigenvalue weighted by Gasteiger charge is -2.14. The molecule has 0 aliphatic heterocycles. The standard InChI is InChI=1S/C16H18F3N3O2/c1-9(2)13-12(11-6-4-5-7-22(11)21-13)14(23)10(3)8-20-15(24)16(17,18)19/h4-7,9-10H,8H2,1-3H3,(H,20,24). The van der Waals surface area contributed by atoms with Crippen LogP contribution in [0.1, 0.15) is 42.7 Å². The van der Waals surface area contributed by atoms with Crippen molar-refractivity contribution in [1.29, 1.82) is 0 Å². The Morgan fingerprint density at radius 1 is 1.25 bits per heavy atom. The van der Waals surface area contributed by atoms with E-state index in [2.05, 4.69) is 5.10 Å². The summed E-state index contributed by atoms with van der Waals surface area (Å²) in [6, 6.07) is 5.26. The van der Waals surface area contributed by atoms with Crippen LogP contribution in [0.2, 0.25) is 0 Å². The molecular weight excluding hydrogens is 323 g/mol. The third kappa shape index (κ3) is 3.58. The molecule has 0 aromatic carbocycles. The van der Waals surface area contributed by atoms with Gasteiger partial charge in [0.2, 0.25) is 0 Å². The lowest BCUT2D eigenvalue weighted by molar-refractivity contribution is -0.173. The number of hydrogen-bond donors (Lipinski definition) is 1. The number of halogens is 3. The predicted molar refractivity (Wildman–Crippen MR) is 81.8 cm³/mol. The van der Waals surface area contributed by atoms with Gasteiger partial charge in [-0.1, -0.05) is 26.8 Å². The van der Waals surface area contributed by atoms with Crippen LogP contribution in [0, 0.1) is 5.92 Å². The Morgan fingerprint density at radius 3 is 2.50 bits per heavy atom. The molecule has 0 bridgehead atoms. The van der Waals surface area contributed by atoms with E-state index in [0.717, 1.165) is 0 Å². The highest BCUT2D eigenvalue weighted by Gasteiger charge is 2.39. The van der Waals surface area contributed by atoms with Crippen molar-refractivity contribution in [1.82, 2.24) is 14.9 Å². The minimum atomic E-state index is -4.96. The average molecular weight is 341 g/mol. The number of nitrogens with zero attached hydrogens (tertiary/aromatic N) is 2. The van der Waals surface area contributed by atoms with Crippen LogP contribution in [0.3, 0.4) is 0 Å². The second kappa shape index (κ2) is 6.62. The summed E-state index contributed by atoms with van der Waals surface area (Å²) in [4.78, 5) is 23.6. The van der Waals surface area contributed by atoms with Crippen LogP contribution in [-0.4, -0.2) is 34.0 Å². The van der Waals surface area contributed by atoms with Crippen LogP contribution in [0.5, 0.6) is 0 Å². The summed E-state index contributed by atoms with van der Waals surface area (Å²) < 4.78 is 38.3. The van der Waals surface area contributed by atoms with E-state index in [1.807, 2.05) is 13.8 Å². The highest BCUT2D eigenvalue weighted by Crippen LogP contribution is 2.25. The first-order chi connectivity index (χ1) is 11.1. The monoisotopic (exact) mass is 341 g/mol.